The summed E-state index contributed by atoms with van der Waals surface area (Å²) in [5, 5.41) is 0. The second kappa shape index (κ2) is 4.60. The molecule has 0 amide bonds. The highest BCUT2D eigenvalue weighted by Crippen LogP contribution is 2.36. The monoisotopic (exact) mass is 261 g/mol. The maximum atomic E-state index is 6.10. The van der Waals surface area contributed by atoms with Crippen LogP contribution in [0.15, 0.2) is 12.3 Å². The van der Waals surface area contributed by atoms with Gasteiger partial charge in [0, 0.05) is 17.4 Å². The molecule has 0 aromatic carbocycles. The van der Waals surface area contributed by atoms with Gasteiger partial charge >= 0.3 is 7.12 Å². The fourth-order valence-electron chi connectivity index (χ4n) is 2.09. The van der Waals surface area contributed by atoms with Gasteiger partial charge in [0.25, 0.3) is 0 Å². The first-order valence-corrected chi connectivity index (χ1v) is 6.96. The largest absolute Gasteiger partial charge is 0.496 e. The smallest absolute Gasteiger partial charge is 0.399 e. The zero-order valence-corrected chi connectivity index (χ0v) is 13.1. The molecule has 1 fully saturated rings. The van der Waals surface area contributed by atoms with E-state index < -0.39 is 0 Å². The van der Waals surface area contributed by atoms with E-state index >= 15 is 0 Å². The van der Waals surface area contributed by atoms with Crippen LogP contribution in [0.5, 0.6) is 0 Å². The molecular weight excluding hydrogens is 237 g/mol. The number of hydrogen-bond acceptors (Lipinski definition) is 3. The molecule has 1 aromatic rings. The third-order valence-corrected chi connectivity index (χ3v) is 4.32. The van der Waals surface area contributed by atoms with Crippen molar-refractivity contribution < 1.29 is 9.31 Å². The molecule has 0 aliphatic carbocycles. The first kappa shape index (κ1) is 14.5. The van der Waals surface area contributed by atoms with Crippen LogP contribution in [-0.4, -0.2) is 23.3 Å². The number of aromatic nitrogens is 1. The molecular formula is C15H24BNO2. The Kier molecular flexibility index (Phi) is 3.52. The van der Waals surface area contributed by atoms with Crippen LogP contribution in [0.3, 0.4) is 0 Å². The molecule has 19 heavy (non-hydrogen) atoms. The van der Waals surface area contributed by atoms with Crippen LogP contribution in [-0.2, 0) is 9.31 Å². The summed E-state index contributed by atoms with van der Waals surface area (Å²) in [6.45, 7) is 14.6. The van der Waals surface area contributed by atoms with Crippen molar-refractivity contribution >= 4 is 12.6 Å². The van der Waals surface area contributed by atoms with Crippen LogP contribution in [0.2, 0.25) is 0 Å². The van der Waals surface area contributed by atoms with E-state index in [1.165, 1.54) is 5.56 Å². The van der Waals surface area contributed by atoms with Gasteiger partial charge in [-0.15, -0.1) is 0 Å². The second-order valence-electron chi connectivity index (χ2n) is 6.69. The van der Waals surface area contributed by atoms with Crippen molar-refractivity contribution in [1.82, 2.24) is 4.98 Å². The lowest BCUT2D eigenvalue weighted by atomic mass is 9.77. The van der Waals surface area contributed by atoms with Crippen LogP contribution in [0.25, 0.3) is 0 Å². The first-order valence-electron chi connectivity index (χ1n) is 6.96. The Bertz CT molecular complexity index is 467. The molecule has 0 bridgehead atoms. The quantitative estimate of drug-likeness (QED) is 0.767. The van der Waals surface area contributed by atoms with Gasteiger partial charge in [-0.3, -0.25) is 4.98 Å². The first-order chi connectivity index (χ1) is 8.64. The molecule has 0 saturated carbocycles. The van der Waals surface area contributed by atoms with Crippen molar-refractivity contribution in [2.45, 2.75) is 65.6 Å². The Balaban J connectivity index is 2.36. The summed E-state index contributed by atoms with van der Waals surface area (Å²) in [5.74, 6) is 0.453. The third-order valence-electron chi connectivity index (χ3n) is 4.32. The van der Waals surface area contributed by atoms with Gasteiger partial charge in [0.2, 0.25) is 0 Å². The summed E-state index contributed by atoms with van der Waals surface area (Å²) in [4.78, 5) is 4.48. The summed E-state index contributed by atoms with van der Waals surface area (Å²) in [5.41, 5.74) is 2.62. The van der Waals surface area contributed by atoms with Crippen molar-refractivity contribution in [3.8, 4) is 0 Å². The Hall–Kier alpha value is -0.865. The number of aryl methyl sites for hydroxylation is 1. The maximum Gasteiger partial charge on any atom is 0.496 e. The topological polar surface area (TPSA) is 31.4 Å². The Labute approximate surface area is 116 Å². The molecule has 0 atom stereocenters. The molecule has 2 rings (SSSR count). The summed E-state index contributed by atoms with van der Waals surface area (Å²) >= 11 is 0. The molecule has 1 saturated heterocycles. The predicted octanol–water partition coefficient (Wildman–Crippen LogP) is 2.81. The summed E-state index contributed by atoms with van der Waals surface area (Å²) < 4.78 is 12.2. The highest BCUT2D eigenvalue weighted by molar-refractivity contribution is 6.62. The average molecular weight is 261 g/mol. The molecule has 104 valence electrons. The van der Waals surface area contributed by atoms with Gasteiger partial charge in [0.05, 0.1) is 11.2 Å². The van der Waals surface area contributed by atoms with E-state index in [4.69, 9.17) is 9.31 Å². The summed E-state index contributed by atoms with van der Waals surface area (Å²) in [6, 6.07) is 2.16. The van der Waals surface area contributed by atoms with E-state index in [0.717, 1.165) is 11.2 Å². The number of pyridine rings is 1. The van der Waals surface area contributed by atoms with E-state index in [-0.39, 0.29) is 18.3 Å². The van der Waals surface area contributed by atoms with Crippen molar-refractivity contribution in [2.75, 3.05) is 0 Å². The van der Waals surface area contributed by atoms with Gasteiger partial charge in [-0.05, 0) is 46.1 Å². The van der Waals surface area contributed by atoms with E-state index in [0.29, 0.717) is 5.92 Å². The average Bonchev–Trinajstić information content (AvgIpc) is 2.48. The van der Waals surface area contributed by atoms with Crippen molar-refractivity contribution in [3.05, 3.63) is 23.5 Å². The lowest BCUT2D eigenvalue weighted by Crippen LogP contribution is -2.41. The fourth-order valence-corrected chi connectivity index (χ4v) is 2.09. The van der Waals surface area contributed by atoms with Crippen LogP contribution < -0.4 is 5.46 Å². The Morgan fingerprint density at radius 1 is 1.11 bits per heavy atom. The van der Waals surface area contributed by atoms with Crippen molar-refractivity contribution in [1.29, 1.82) is 0 Å². The molecule has 2 heterocycles. The predicted molar refractivity (Wildman–Crippen MR) is 78.8 cm³/mol. The third kappa shape index (κ3) is 2.56. The zero-order valence-electron chi connectivity index (χ0n) is 13.1. The van der Waals surface area contributed by atoms with Crippen LogP contribution >= 0.6 is 0 Å². The minimum Gasteiger partial charge on any atom is -0.399 e. The van der Waals surface area contributed by atoms with Gasteiger partial charge in [0.1, 0.15) is 0 Å². The SMILES string of the molecule is Cc1ncc(C(C)C)cc1B1OC(C)(C)C(C)(C)O1. The highest BCUT2D eigenvalue weighted by atomic mass is 16.7. The molecule has 0 spiro atoms. The number of nitrogens with zero attached hydrogens (tertiary/aromatic N) is 1. The van der Waals surface area contributed by atoms with Gasteiger partial charge in [-0.25, -0.2) is 0 Å². The molecule has 0 unspecified atom stereocenters. The summed E-state index contributed by atoms with van der Waals surface area (Å²) in [7, 11) is -0.323. The molecule has 1 aliphatic rings. The van der Waals surface area contributed by atoms with E-state index in [1.54, 1.807) is 0 Å². The standard InChI is InChI=1S/C15H24BNO2/c1-10(2)12-8-13(11(3)17-9-12)16-18-14(4,5)15(6,7)19-16/h8-10H,1-7H3. The van der Waals surface area contributed by atoms with Gasteiger partial charge in [-0.2, -0.15) is 0 Å². The normalized spacial score (nSPS) is 21.2. The minimum absolute atomic E-state index is 0.308. The van der Waals surface area contributed by atoms with Gasteiger partial charge in [-0.1, -0.05) is 19.9 Å². The van der Waals surface area contributed by atoms with Gasteiger partial charge < -0.3 is 9.31 Å². The lowest BCUT2D eigenvalue weighted by molar-refractivity contribution is 0.00578. The van der Waals surface area contributed by atoms with Crippen LogP contribution in [0, 0.1) is 6.92 Å². The minimum atomic E-state index is -0.323. The van der Waals surface area contributed by atoms with E-state index in [9.17, 15) is 0 Å². The zero-order chi connectivity index (χ0) is 14.4. The van der Waals surface area contributed by atoms with E-state index in [2.05, 4.69) is 52.6 Å². The van der Waals surface area contributed by atoms with Gasteiger partial charge in [0.15, 0.2) is 0 Å². The summed E-state index contributed by atoms with van der Waals surface area (Å²) in [6.07, 6.45) is 1.94. The lowest BCUT2D eigenvalue weighted by Gasteiger charge is -2.32. The molecule has 0 N–H and O–H groups in total. The Morgan fingerprint density at radius 2 is 1.63 bits per heavy atom. The molecule has 0 radical (unpaired) electrons. The molecule has 1 aliphatic heterocycles. The molecule has 3 nitrogen and oxygen atoms in total. The van der Waals surface area contributed by atoms with Crippen LogP contribution in [0.4, 0.5) is 0 Å². The fraction of sp³-hybridized carbons (Fsp3) is 0.667. The Morgan fingerprint density at radius 3 is 2.11 bits per heavy atom. The van der Waals surface area contributed by atoms with Crippen molar-refractivity contribution in [3.63, 3.8) is 0 Å². The highest BCUT2D eigenvalue weighted by Gasteiger charge is 2.52. The number of hydrogen-bond donors (Lipinski definition) is 0. The second-order valence-corrected chi connectivity index (χ2v) is 6.69. The maximum absolute atomic E-state index is 6.10. The van der Waals surface area contributed by atoms with E-state index in [1.807, 2.05) is 13.1 Å². The molecule has 1 aromatic heterocycles. The molecule has 4 heteroatoms. The number of rotatable bonds is 2. The van der Waals surface area contributed by atoms with Crippen molar-refractivity contribution in [2.24, 2.45) is 0 Å². The van der Waals surface area contributed by atoms with Crippen LogP contribution in [0.1, 0.15) is 58.7 Å².